The van der Waals surface area contributed by atoms with E-state index in [2.05, 4.69) is 43.1 Å². The smallest absolute Gasteiger partial charge is 0.105 e. The molecule has 5 rings (SSSR count). The molecule has 1 heterocycles. The Labute approximate surface area is 179 Å². The number of nitrogens with zero attached hydrogens (tertiary/aromatic N) is 2. The lowest BCUT2D eigenvalue weighted by molar-refractivity contribution is 0.00719. The number of hydrogen-bond acceptors (Lipinski definition) is 3. The topological polar surface area (TPSA) is 45.9 Å². The first-order valence-corrected chi connectivity index (χ1v) is 11.3. The number of ether oxygens (including phenoxy) is 1. The van der Waals surface area contributed by atoms with Gasteiger partial charge in [0.25, 0.3) is 0 Å². The molecule has 1 aromatic carbocycles. The average molecular weight is 399 g/mol. The second-order valence-electron chi connectivity index (χ2n) is 9.58. The third-order valence-corrected chi connectivity index (χ3v) is 8.44. The molecule has 1 aromatic heterocycles. The monoisotopic (exact) mass is 398 g/mol. The normalized spacial score (nSPS) is 30.0. The molecule has 3 nitrogen and oxygen atoms in total. The highest BCUT2D eigenvalue weighted by atomic mass is 16.5. The zero-order valence-electron chi connectivity index (χ0n) is 18.2. The van der Waals surface area contributed by atoms with Gasteiger partial charge in [0.05, 0.1) is 18.7 Å². The van der Waals surface area contributed by atoms with E-state index < -0.39 is 0 Å². The summed E-state index contributed by atoms with van der Waals surface area (Å²) in [5.41, 5.74) is 7.77. The van der Waals surface area contributed by atoms with Gasteiger partial charge in [0.2, 0.25) is 0 Å². The summed E-state index contributed by atoms with van der Waals surface area (Å²) < 4.78 is 6.15. The predicted octanol–water partition coefficient (Wildman–Crippen LogP) is 6.18. The lowest BCUT2D eigenvalue weighted by Gasteiger charge is -2.54. The minimum absolute atomic E-state index is 0.103. The minimum Gasteiger partial charge on any atom is -0.500 e. The van der Waals surface area contributed by atoms with Gasteiger partial charge in [-0.1, -0.05) is 13.0 Å². The molecular formula is C27H30N2O. The quantitative estimate of drug-likeness (QED) is 0.607. The van der Waals surface area contributed by atoms with E-state index in [-0.39, 0.29) is 5.41 Å². The van der Waals surface area contributed by atoms with Crippen molar-refractivity contribution in [2.75, 3.05) is 7.11 Å². The summed E-state index contributed by atoms with van der Waals surface area (Å²) >= 11 is 0. The summed E-state index contributed by atoms with van der Waals surface area (Å²) in [5.74, 6) is 3.19. The molecule has 0 radical (unpaired) electrons. The number of rotatable bonds is 2. The predicted molar refractivity (Wildman–Crippen MR) is 119 cm³/mol. The van der Waals surface area contributed by atoms with Crippen molar-refractivity contribution in [3.8, 4) is 6.07 Å². The molecule has 2 aromatic rings. The number of aromatic nitrogens is 1. The van der Waals surface area contributed by atoms with Crippen LogP contribution in [0.5, 0.6) is 0 Å². The van der Waals surface area contributed by atoms with Crippen molar-refractivity contribution in [1.29, 1.82) is 5.26 Å². The first-order chi connectivity index (χ1) is 14.6. The van der Waals surface area contributed by atoms with Crippen LogP contribution in [0.4, 0.5) is 0 Å². The molecule has 1 fully saturated rings. The molecule has 3 aliphatic rings. The fourth-order valence-corrected chi connectivity index (χ4v) is 7.04. The molecule has 1 saturated carbocycles. The zero-order valence-corrected chi connectivity index (χ0v) is 18.2. The van der Waals surface area contributed by atoms with Crippen molar-refractivity contribution in [3.05, 3.63) is 70.2 Å². The summed E-state index contributed by atoms with van der Waals surface area (Å²) in [7, 11) is 1.86. The lowest BCUT2D eigenvalue weighted by atomic mass is 9.50. The van der Waals surface area contributed by atoms with Crippen molar-refractivity contribution in [2.24, 2.45) is 17.3 Å². The molecule has 0 N–H and O–H groups in total. The molecule has 0 amide bonds. The van der Waals surface area contributed by atoms with Crippen LogP contribution in [0.1, 0.15) is 72.8 Å². The molecule has 3 heteroatoms. The molecule has 0 saturated heterocycles. The van der Waals surface area contributed by atoms with Gasteiger partial charge in [-0.2, -0.15) is 5.26 Å². The Kier molecular flexibility index (Phi) is 4.69. The molecule has 30 heavy (non-hydrogen) atoms. The number of hydrogen-bond donors (Lipinski definition) is 0. The Morgan fingerprint density at radius 1 is 1.10 bits per heavy atom. The maximum absolute atomic E-state index is 9.44. The van der Waals surface area contributed by atoms with E-state index in [4.69, 9.17) is 4.74 Å². The van der Waals surface area contributed by atoms with Crippen molar-refractivity contribution >= 4 is 5.57 Å². The van der Waals surface area contributed by atoms with Crippen LogP contribution in [-0.4, -0.2) is 12.1 Å². The van der Waals surface area contributed by atoms with Gasteiger partial charge in [-0.05, 0) is 109 Å². The molecular weight excluding hydrogens is 368 g/mol. The van der Waals surface area contributed by atoms with Crippen molar-refractivity contribution < 1.29 is 4.74 Å². The van der Waals surface area contributed by atoms with Crippen LogP contribution in [0.25, 0.3) is 5.57 Å². The fourth-order valence-electron chi connectivity index (χ4n) is 7.04. The SMILES string of the molecule is COC1=C(c2ccncc2)CCC2C3CCc4c(ccc(C#N)c4C)C3CC[C@]12C. The van der Waals surface area contributed by atoms with Gasteiger partial charge in [-0.15, -0.1) is 0 Å². The van der Waals surface area contributed by atoms with Crippen molar-refractivity contribution in [1.82, 2.24) is 4.98 Å². The van der Waals surface area contributed by atoms with Crippen LogP contribution in [0.2, 0.25) is 0 Å². The third kappa shape index (κ3) is 2.73. The molecule has 4 atom stereocenters. The third-order valence-electron chi connectivity index (χ3n) is 8.44. The standard InChI is InChI=1S/C27H30N2O/c1-17-19(16-28)4-5-22-20(17)6-7-24-23(22)10-13-27(2)25(24)9-8-21(26(27)30-3)18-11-14-29-15-12-18/h4-5,11-12,14-15,23-25H,6-10,13H2,1-3H3/t23?,24?,25?,27-/m0/s1. The van der Waals surface area contributed by atoms with Gasteiger partial charge < -0.3 is 4.74 Å². The summed E-state index contributed by atoms with van der Waals surface area (Å²) in [6.45, 7) is 4.59. The highest BCUT2D eigenvalue weighted by Crippen LogP contribution is 2.62. The second-order valence-corrected chi connectivity index (χ2v) is 9.58. The maximum Gasteiger partial charge on any atom is 0.105 e. The Bertz CT molecular complexity index is 1050. The molecule has 3 aliphatic carbocycles. The van der Waals surface area contributed by atoms with Gasteiger partial charge in [-0.3, -0.25) is 4.98 Å². The van der Waals surface area contributed by atoms with Crippen LogP contribution in [-0.2, 0) is 11.2 Å². The lowest BCUT2D eigenvalue weighted by Crippen LogP contribution is -2.46. The highest BCUT2D eigenvalue weighted by Gasteiger charge is 2.53. The van der Waals surface area contributed by atoms with Gasteiger partial charge in [0, 0.05) is 17.8 Å². The number of methoxy groups -OCH3 is 1. The number of allylic oxidation sites excluding steroid dienone is 2. The van der Waals surface area contributed by atoms with Crippen molar-refractivity contribution in [3.63, 3.8) is 0 Å². The first-order valence-electron chi connectivity index (χ1n) is 11.3. The first kappa shape index (κ1) is 19.4. The Morgan fingerprint density at radius 3 is 2.63 bits per heavy atom. The van der Waals surface area contributed by atoms with Crippen molar-refractivity contribution in [2.45, 2.75) is 58.3 Å². The molecule has 3 unspecified atom stereocenters. The van der Waals surface area contributed by atoms with Gasteiger partial charge in [-0.25, -0.2) is 0 Å². The number of fused-ring (bicyclic) bond motifs is 5. The highest BCUT2D eigenvalue weighted by molar-refractivity contribution is 5.69. The maximum atomic E-state index is 9.44. The van der Waals surface area contributed by atoms with E-state index in [9.17, 15) is 5.26 Å². The Hall–Kier alpha value is -2.60. The zero-order chi connectivity index (χ0) is 20.9. The van der Waals surface area contributed by atoms with Crippen LogP contribution >= 0.6 is 0 Å². The van der Waals surface area contributed by atoms with E-state index in [0.29, 0.717) is 17.8 Å². The van der Waals surface area contributed by atoms with Gasteiger partial charge in [0.1, 0.15) is 5.76 Å². The van der Waals surface area contributed by atoms with E-state index in [1.54, 1.807) is 0 Å². The van der Waals surface area contributed by atoms with Crippen LogP contribution in [0.3, 0.4) is 0 Å². The molecule has 0 aliphatic heterocycles. The fraction of sp³-hybridized carbons (Fsp3) is 0.481. The van der Waals surface area contributed by atoms with E-state index in [1.165, 1.54) is 52.8 Å². The average Bonchev–Trinajstić information content (AvgIpc) is 2.78. The summed E-state index contributed by atoms with van der Waals surface area (Å²) in [4.78, 5) is 4.20. The largest absolute Gasteiger partial charge is 0.500 e. The van der Waals surface area contributed by atoms with Crippen LogP contribution < -0.4 is 0 Å². The van der Waals surface area contributed by atoms with Gasteiger partial charge >= 0.3 is 0 Å². The minimum atomic E-state index is 0.103. The number of nitriles is 1. The van der Waals surface area contributed by atoms with Gasteiger partial charge in [0.15, 0.2) is 0 Å². The molecule has 154 valence electrons. The summed E-state index contributed by atoms with van der Waals surface area (Å²) in [6.07, 6.45) is 10.8. The van der Waals surface area contributed by atoms with E-state index >= 15 is 0 Å². The molecule has 0 spiro atoms. The van der Waals surface area contributed by atoms with E-state index in [1.807, 2.05) is 25.6 Å². The number of benzene rings is 1. The van der Waals surface area contributed by atoms with Crippen LogP contribution in [0.15, 0.2) is 42.4 Å². The summed E-state index contributed by atoms with van der Waals surface area (Å²) in [6, 6.07) is 10.9. The Balaban J connectivity index is 1.54. The van der Waals surface area contributed by atoms with E-state index in [0.717, 1.165) is 24.8 Å². The second kappa shape index (κ2) is 7.27. The summed E-state index contributed by atoms with van der Waals surface area (Å²) in [5, 5.41) is 9.44. The number of pyridine rings is 1. The molecule has 0 bridgehead atoms. The van der Waals surface area contributed by atoms with Crippen LogP contribution in [0, 0.1) is 35.5 Å². The Morgan fingerprint density at radius 2 is 1.90 bits per heavy atom.